The molecule has 1 aliphatic rings. The molecule has 1 aromatic carbocycles. The molecule has 1 aromatic rings. The van der Waals surface area contributed by atoms with Gasteiger partial charge in [-0.05, 0) is 43.4 Å². The Labute approximate surface area is 128 Å². The highest BCUT2D eigenvalue weighted by Crippen LogP contribution is 2.36. The molecule has 5 heteroatoms. The standard InChI is InChI=1S/C16H26N2O2S/c1-5-14-7-6-13(11-17-12(2)3)10-15(14)21(19,20)18-16(4)8-9-16/h6-7,10,12,17-18H,5,8-9,11H2,1-4H3. The van der Waals surface area contributed by atoms with Crippen molar-refractivity contribution in [3.63, 3.8) is 0 Å². The van der Waals surface area contributed by atoms with Gasteiger partial charge < -0.3 is 5.32 Å². The smallest absolute Gasteiger partial charge is 0.241 e. The first-order chi connectivity index (χ1) is 9.76. The second kappa shape index (κ2) is 6.07. The van der Waals surface area contributed by atoms with Gasteiger partial charge in [0.2, 0.25) is 10.0 Å². The summed E-state index contributed by atoms with van der Waals surface area (Å²) >= 11 is 0. The Morgan fingerprint density at radius 2 is 1.95 bits per heavy atom. The molecule has 0 unspecified atom stereocenters. The maximum atomic E-state index is 12.6. The van der Waals surface area contributed by atoms with Gasteiger partial charge in [0, 0.05) is 18.1 Å². The summed E-state index contributed by atoms with van der Waals surface area (Å²) in [5, 5.41) is 3.32. The van der Waals surface area contributed by atoms with Crippen molar-refractivity contribution in [2.24, 2.45) is 0 Å². The van der Waals surface area contributed by atoms with Crippen LogP contribution in [-0.2, 0) is 23.0 Å². The molecule has 0 amide bonds. The fraction of sp³-hybridized carbons (Fsp3) is 0.625. The zero-order valence-corrected chi connectivity index (χ0v) is 14.2. The van der Waals surface area contributed by atoms with Crippen LogP contribution in [0.2, 0.25) is 0 Å². The Balaban J connectivity index is 2.28. The Hall–Kier alpha value is -0.910. The molecular formula is C16H26N2O2S. The van der Waals surface area contributed by atoms with Crippen molar-refractivity contribution in [1.82, 2.24) is 10.0 Å². The van der Waals surface area contributed by atoms with Gasteiger partial charge in [0.1, 0.15) is 0 Å². The zero-order chi connectivity index (χ0) is 15.7. The molecule has 0 saturated heterocycles. The summed E-state index contributed by atoms with van der Waals surface area (Å²) in [6.07, 6.45) is 2.55. The molecule has 1 fully saturated rings. The highest BCUT2D eigenvalue weighted by atomic mass is 32.2. The Bertz CT molecular complexity index is 605. The molecule has 0 heterocycles. The summed E-state index contributed by atoms with van der Waals surface area (Å²) in [5.74, 6) is 0. The van der Waals surface area contributed by atoms with E-state index in [1.54, 1.807) is 0 Å². The summed E-state index contributed by atoms with van der Waals surface area (Å²) in [4.78, 5) is 0.432. The minimum Gasteiger partial charge on any atom is -0.310 e. The van der Waals surface area contributed by atoms with Gasteiger partial charge in [-0.25, -0.2) is 13.1 Å². The number of nitrogens with one attached hydrogen (secondary N) is 2. The van der Waals surface area contributed by atoms with E-state index in [1.165, 1.54) is 0 Å². The third-order valence-electron chi connectivity index (χ3n) is 3.90. The summed E-state index contributed by atoms with van der Waals surface area (Å²) in [7, 11) is -3.44. The Morgan fingerprint density at radius 1 is 1.29 bits per heavy atom. The maximum Gasteiger partial charge on any atom is 0.241 e. The van der Waals surface area contributed by atoms with Gasteiger partial charge in [0.05, 0.1) is 4.90 Å². The molecule has 0 aromatic heterocycles. The van der Waals surface area contributed by atoms with E-state index in [1.807, 2.05) is 32.0 Å². The van der Waals surface area contributed by atoms with Crippen LogP contribution in [0.15, 0.2) is 23.1 Å². The second-order valence-electron chi connectivity index (χ2n) is 6.50. The van der Waals surface area contributed by atoms with Gasteiger partial charge in [-0.1, -0.05) is 32.9 Å². The van der Waals surface area contributed by atoms with Crippen LogP contribution in [0, 0.1) is 0 Å². The molecule has 0 bridgehead atoms. The minimum absolute atomic E-state index is 0.240. The molecule has 2 rings (SSSR count). The van der Waals surface area contributed by atoms with Crippen LogP contribution >= 0.6 is 0 Å². The predicted octanol–water partition coefficient (Wildman–Crippen LogP) is 2.58. The molecule has 0 aliphatic heterocycles. The highest BCUT2D eigenvalue weighted by Gasteiger charge is 2.41. The fourth-order valence-corrected chi connectivity index (χ4v) is 4.07. The zero-order valence-electron chi connectivity index (χ0n) is 13.4. The Kier molecular flexibility index (Phi) is 4.76. The molecule has 21 heavy (non-hydrogen) atoms. The lowest BCUT2D eigenvalue weighted by atomic mass is 10.1. The number of benzene rings is 1. The summed E-state index contributed by atoms with van der Waals surface area (Å²) in [5.41, 5.74) is 1.64. The van der Waals surface area contributed by atoms with E-state index >= 15 is 0 Å². The predicted molar refractivity (Wildman–Crippen MR) is 85.8 cm³/mol. The van der Waals surface area contributed by atoms with Crippen LogP contribution in [0.1, 0.15) is 51.7 Å². The van der Waals surface area contributed by atoms with E-state index in [4.69, 9.17) is 0 Å². The van der Waals surface area contributed by atoms with Crippen molar-refractivity contribution >= 4 is 10.0 Å². The van der Waals surface area contributed by atoms with Gasteiger partial charge in [-0.3, -0.25) is 0 Å². The minimum atomic E-state index is -3.44. The topological polar surface area (TPSA) is 58.2 Å². The molecule has 1 aliphatic carbocycles. The summed E-state index contributed by atoms with van der Waals surface area (Å²) < 4.78 is 28.1. The lowest BCUT2D eigenvalue weighted by Gasteiger charge is -2.16. The van der Waals surface area contributed by atoms with Crippen LogP contribution in [0.3, 0.4) is 0 Å². The van der Waals surface area contributed by atoms with Crippen LogP contribution in [0.5, 0.6) is 0 Å². The summed E-state index contributed by atoms with van der Waals surface area (Å²) in [6.45, 7) is 8.78. The van der Waals surface area contributed by atoms with E-state index in [0.717, 1.165) is 24.0 Å². The normalized spacial score (nSPS) is 17.2. The molecule has 0 atom stereocenters. The van der Waals surface area contributed by atoms with Crippen molar-refractivity contribution in [2.75, 3.05) is 0 Å². The molecule has 0 spiro atoms. The van der Waals surface area contributed by atoms with E-state index in [9.17, 15) is 8.42 Å². The van der Waals surface area contributed by atoms with Crippen LogP contribution in [-0.4, -0.2) is 20.0 Å². The molecular weight excluding hydrogens is 284 g/mol. The van der Waals surface area contributed by atoms with Crippen molar-refractivity contribution < 1.29 is 8.42 Å². The van der Waals surface area contributed by atoms with E-state index in [-0.39, 0.29) is 5.54 Å². The number of hydrogen-bond acceptors (Lipinski definition) is 3. The first-order valence-corrected chi connectivity index (χ1v) is 9.13. The van der Waals surface area contributed by atoms with Crippen molar-refractivity contribution in [2.45, 2.75) is 70.0 Å². The lowest BCUT2D eigenvalue weighted by Crippen LogP contribution is -2.34. The molecule has 4 nitrogen and oxygen atoms in total. The van der Waals surface area contributed by atoms with Gasteiger partial charge in [0.25, 0.3) is 0 Å². The van der Waals surface area contributed by atoms with Gasteiger partial charge in [-0.15, -0.1) is 0 Å². The molecule has 1 saturated carbocycles. The summed E-state index contributed by atoms with van der Waals surface area (Å²) in [6, 6.07) is 6.12. The van der Waals surface area contributed by atoms with Crippen LogP contribution in [0.4, 0.5) is 0 Å². The number of hydrogen-bond donors (Lipinski definition) is 2. The van der Waals surface area contributed by atoms with E-state index < -0.39 is 10.0 Å². The Morgan fingerprint density at radius 3 is 2.48 bits per heavy atom. The molecule has 0 radical (unpaired) electrons. The third kappa shape index (κ3) is 4.28. The lowest BCUT2D eigenvalue weighted by molar-refractivity contribution is 0.556. The number of sulfonamides is 1. The average Bonchev–Trinajstić information content (AvgIpc) is 3.12. The van der Waals surface area contributed by atoms with Gasteiger partial charge >= 0.3 is 0 Å². The largest absolute Gasteiger partial charge is 0.310 e. The molecule has 2 N–H and O–H groups in total. The van der Waals surface area contributed by atoms with E-state index in [2.05, 4.69) is 23.9 Å². The molecule has 118 valence electrons. The first kappa shape index (κ1) is 16.5. The second-order valence-corrected chi connectivity index (χ2v) is 8.15. The monoisotopic (exact) mass is 310 g/mol. The van der Waals surface area contributed by atoms with Crippen molar-refractivity contribution in [1.29, 1.82) is 0 Å². The fourth-order valence-electron chi connectivity index (χ4n) is 2.24. The quantitative estimate of drug-likeness (QED) is 0.814. The first-order valence-electron chi connectivity index (χ1n) is 7.65. The van der Waals surface area contributed by atoms with E-state index in [0.29, 0.717) is 23.9 Å². The van der Waals surface area contributed by atoms with Crippen LogP contribution < -0.4 is 10.0 Å². The average molecular weight is 310 g/mol. The van der Waals surface area contributed by atoms with Crippen molar-refractivity contribution in [3.05, 3.63) is 29.3 Å². The van der Waals surface area contributed by atoms with Crippen LogP contribution in [0.25, 0.3) is 0 Å². The third-order valence-corrected chi connectivity index (χ3v) is 5.62. The van der Waals surface area contributed by atoms with Gasteiger partial charge in [0.15, 0.2) is 0 Å². The van der Waals surface area contributed by atoms with Gasteiger partial charge in [-0.2, -0.15) is 0 Å². The maximum absolute atomic E-state index is 12.6. The SMILES string of the molecule is CCc1ccc(CNC(C)C)cc1S(=O)(=O)NC1(C)CC1. The highest BCUT2D eigenvalue weighted by molar-refractivity contribution is 7.89. The number of rotatable bonds is 7. The number of aryl methyl sites for hydroxylation is 1. The van der Waals surface area contributed by atoms with Crippen molar-refractivity contribution in [3.8, 4) is 0 Å².